The Kier molecular flexibility index (Phi) is 4.79. The van der Waals surface area contributed by atoms with Gasteiger partial charge in [-0.3, -0.25) is 4.98 Å². The van der Waals surface area contributed by atoms with Gasteiger partial charge in [-0.1, -0.05) is 0 Å². The monoisotopic (exact) mass is 374 g/mol. The summed E-state index contributed by atoms with van der Waals surface area (Å²) < 4.78 is 3.50. The van der Waals surface area contributed by atoms with Crippen LogP contribution in [0.5, 0.6) is 0 Å². The predicted molar refractivity (Wildman–Crippen MR) is 74.7 cm³/mol. The Hall–Kier alpha value is -0.860. The van der Waals surface area contributed by atoms with Crippen LogP contribution in [0, 0.1) is 0 Å². The molecule has 0 aliphatic carbocycles. The lowest BCUT2D eigenvalue weighted by atomic mass is 10.3. The smallest absolute Gasteiger partial charge is 0.201 e. The highest BCUT2D eigenvalue weighted by Crippen LogP contribution is 2.26. The highest BCUT2D eigenvalue weighted by Gasteiger charge is 2.13. The molecule has 0 atom stereocenters. The first-order valence-electron chi connectivity index (χ1n) is 5.50. The van der Waals surface area contributed by atoms with Gasteiger partial charge in [-0.05, 0) is 67.7 Å². The van der Waals surface area contributed by atoms with E-state index < -0.39 is 0 Å². The Morgan fingerprint density at radius 3 is 2.83 bits per heavy atom. The van der Waals surface area contributed by atoms with Crippen LogP contribution < -0.4 is 5.73 Å². The molecule has 2 aromatic rings. The van der Waals surface area contributed by atoms with Crippen molar-refractivity contribution >= 4 is 31.9 Å². The van der Waals surface area contributed by atoms with Gasteiger partial charge < -0.3 is 5.73 Å². The number of unbranched alkanes of at least 4 members (excludes halogenated alkanes) is 1. The molecule has 18 heavy (non-hydrogen) atoms. The second-order valence-corrected chi connectivity index (χ2v) is 5.48. The zero-order valence-electron chi connectivity index (χ0n) is 9.55. The molecule has 0 aliphatic heterocycles. The second-order valence-electron chi connectivity index (χ2n) is 3.71. The molecule has 2 N–H and O–H groups in total. The van der Waals surface area contributed by atoms with Crippen LogP contribution in [0.4, 0.5) is 0 Å². The summed E-state index contributed by atoms with van der Waals surface area (Å²) in [7, 11) is 0. The first kappa shape index (κ1) is 13.6. The van der Waals surface area contributed by atoms with E-state index in [1.54, 1.807) is 10.9 Å². The van der Waals surface area contributed by atoms with E-state index in [2.05, 4.69) is 52.4 Å². The van der Waals surface area contributed by atoms with Crippen LogP contribution >= 0.6 is 31.9 Å². The van der Waals surface area contributed by atoms with Crippen molar-refractivity contribution in [2.24, 2.45) is 5.73 Å². The van der Waals surface area contributed by atoms with Crippen molar-refractivity contribution in [3.8, 4) is 11.5 Å². The normalized spacial score (nSPS) is 10.8. The summed E-state index contributed by atoms with van der Waals surface area (Å²) in [6.07, 6.45) is 3.62. The highest BCUT2D eigenvalue weighted by atomic mass is 79.9. The predicted octanol–water partition coefficient (Wildman–Crippen LogP) is 2.00. The number of aryl methyl sites for hydroxylation is 1. The fourth-order valence-electron chi connectivity index (χ4n) is 1.51. The number of pyridine rings is 1. The summed E-state index contributed by atoms with van der Waals surface area (Å²) in [5.41, 5.74) is 6.20. The molecule has 0 saturated carbocycles. The number of aromatic nitrogens is 5. The number of hydrogen-bond donors (Lipinski definition) is 1. The van der Waals surface area contributed by atoms with Crippen molar-refractivity contribution in [1.82, 2.24) is 25.2 Å². The third-order valence-corrected chi connectivity index (χ3v) is 3.41. The Morgan fingerprint density at radius 2 is 2.11 bits per heavy atom. The van der Waals surface area contributed by atoms with Crippen molar-refractivity contribution < 1.29 is 0 Å². The fourth-order valence-corrected chi connectivity index (χ4v) is 2.67. The summed E-state index contributed by atoms with van der Waals surface area (Å²) in [5.74, 6) is 0.659. The number of nitrogens with two attached hydrogens (primary N) is 1. The van der Waals surface area contributed by atoms with Gasteiger partial charge in [0.15, 0.2) is 0 Å². The van der Waals surface area contributed by atoms with E-state index in [1.165, 1.54) is 0 Å². The van der Waals surface area contributed by atoms with Gasteiger partial charge in [-0.15, -0.1) is 5.10 Å². The van der Waals surface area contributed by atoms with Gasteiger partial charge in [0, 0.05) is 21.7 Å². The van der Waals surface area contributed by atoms with Crippen LogP contribution in [-0.4, -0.2) is 31.7 Å². The largest absolute Gasteiger partial charge is 0.330 e. The number of nitrogens with zero attached hydrogens (tertiary/aromatic N) is 5. The van der Waals surface area contributed by atoms with E-state index in [4.69, 9.17) is 5.73 Å². The average Bonchev–Trinajstić information content (AvgIpc) is 2.78. The average molecular weight is 376 g/mol. The molecule has 0 fully saturated rings. The maximum Gasteiger partial charge on any atom is 0.201 e. The van der Waals surface area contributed by atoms with E-state index in [0.29, 0.717) is 12.4 Å². The molecule has 0 aliphatic rings. The molecule has 2 heterocycles. The zero-order valence-corrected chi connectivity index (χ0v) is 12.7. The lowest BCUT2D eigenvalue weighted by Gasteiger charge is -2.05. The molecule has 0 radical (unpaired) electrons. The van der Waals surface area contributed by atoms with E-state index >= 15 is 0 Å². The van der Waals surface area contributed by atoms with Crippen LogP contribution in [0.1, 0.15) is 12.8 Å². The van der Waals surface area contributed by atoms with Crippen LogP contribution in [-0.2, 0) is 6.54 Å². The van der Waals surface area contributed by atoms with Crippen molar-refractivity contribution in [2.75, 3.05) is 6.54 Å². The Morgan fingerprint density at radius 1 is 1.28 bits per heavy atom. The van der Waals surface area contributed by atoms with Crippen LogP contribution in [0.2, 0.25) is 0 Å². The Bertz CT molecular complexity index is 527. The molecule has 96 valence electrons. The van der Waals surface area contributed by atoms with Gasteiger partial charge in [0.2, 0.25) is 5.82 Å². The minimum atomic E-state index is 0.659. The maximum absolute atomic E-state index is 5.47. The van der Waals surface area contributed by atoms with E-state index in [1.807, 2.05) is 6.07 Å². The molecule has 0 amide bonds. The Balaban J connectivity index is 2.25. The first-order chi connectivity index (χ1) is 8.72. The number of rotatable bonds is 5. The Labute approximate surface area is 121 Å². The highest BCUT2D eigenvalue weighted by molar-refractivity contribution is 9.11. The second kappa shape index (κ2) is 6.35. The molecule has 0 spiro atoms. The molecule has 2 rings (SSSR count). The third kappa shape index (κ3) is 3.12. The van der Waals surface area contributed by atoms with Gasteiger partial charge in [0.1, 0.15) is 5.69 Å². The maximum atomic E-state index is 5.47. The molecule has 0 saturated heterocycles. The summed E-state index contributed by atoms with van der Waals surface area (Å²) in [5, 5.41) is 11.7. The third-order valence-electron chi connectivity index (χ3n) is 2.38. The molecular weight excluding hydrogens is 364 g/mol. The topological polar surface area (TPSA) is 82.5 Å². The van der Waals surface area contributed by atoms with Crippen molar-refractivity contribution in [1.29, 1.82) is 0 Å². The summed E-state index contributed by atoms with van der Waals surface area (Å²) in [6.45, 7) is 1.42. The zero-order chi connectivity index (χ0) is 13.0. The minimum absolute atomic E-state index is 0.659. The lowest BCUT2D eigenvalue weighted by molar-refractivity contribution is 0.548. The number of hydrogen-bond acceptors (Lipinski definition) is 5. The van der Waals surface area contributed by atoms with E-state index in [9.17, 15) is 0 Å². The molecule has 0 bridgehead atoms. The van der Waals surface area contributed by atoms with Crippen LogP contribution in [0.3, 0.4) is 0 Å². The number of halogens is 2. The fraction of sp³-hybridized carbons (Fsp3) is 0.400. The van der Waals surface area contributed by atoms with Gasteiger partial charge in [-0.25, -0.2) is 4.68 Å². The molecule has 8 heteroatoms. The molecule has 6 nitrogen and oxygen atoms in total. The first-order valence-corrected chi connectivity index (χ1v) is 7.08. The van der Waals surface area contributed by atoms with Gasteiger partial charge in [0.25, 0.3) is 0 Å². The minimum Gasteiger partial charge on any atom is -0.330 e. The molecule has 2 aromatic heterocycles. The summed E-state index contributed by atoms with van der Waals surface area (Å²) in [6, 6.07) is 1.92. The van der Waals surface area contributed by atoms with Crippen molar-refractivity contribution in [3.63, 3.8) is 0 Å². The molecule has 0 unspecified atom stereocenters. The van der Waals surface area contributed by atoms with Gasteiger partial charge in [-0.2, -0.15) is 0 Å². The van der Waals surface area contributed by atoms with Crippen molar-refractivity contribution in [2.45, 2.75) is 19.4 Å². The van der Waals surface area contributed by atoms with Gasteiger partial charge >= 0.3 is 0 Å². The van der Waals surface area contributed by atoms with Gasteiger partial charge in [0.05, 0.1) is 0 Å². The SMILES string of the molecule is NCCCCn1nnnc1-c1ncc(Br)cc1Br. The van der Waals surface area contributed by atoms with Crippen LogP contribution in [0.15, 0.2) is 21.2 Å². The van der Waals surface area contributed by atoms with E-state index in [0.717, 1.165) is 34.0 Å². The molecule has 0 aromatic carbocycles. The van der Waals surface area contributed by atoms with E-state index in [-0.39, 0.29) is 0 Å². The standard InChI is InChI=1S/C10H12Br2N6/c11-7-5-8(12)9(14-6-7)10-15-16-17-18(10)4-2-1-3-13/h5-6H,1-4,13H2. The van der Waals surface area contributed by atoms with Crippen LogP contribution in [0.25, 0.3) is 11.5 Å². The molecular formula is C10H12Br2N6. The van der Waals surface area contributed by atoms with Crippen molar-refractivity contribution in [3.05, 3.63) is 21.2 Å². The number of tetrazole rings is 1. The quantitative estimate of drug-likeness (QED) is 0.808. The summed E-state index contributed by atoms with van der Waals surface area (Å²) >= 11 is 6.83. The lowest BCUT2D eigenvalue weighted by Crippen LogP contribution is -2.07. The summed E-state index contributed by atoms with van der Waals surface area (Å²) in [4.78, 5) is 4.33.